The van der Waals surface area contributed by atoms with Crippen molar-refractivity contribution in [2.75, 3.05) is 20.1 Å². The highest BCUT2D eigenvalue weighted by Gasteiger charge is 2.46. The molecule has 9 heteroatoms. The molecule has 0 bridgehead atoms. The highest BCUT2D eigenvalue weighted by atomic mass is 19.4. The van der Waals surface area contributed by atoms with Crippen LogP contribution in [0.2, 0.25) is 0 Å². The van der Waals surface area contributed by atoms with E-state index in [-0.39, 0.29) is 30.3 Å². The number of alkyl halides is 3. The number of hydrogen-bond donors (Lipinski definition) is 0. The summed E-state index contributed by atoms with van der Waals surface area (Å²) >= 11 is 0. The van der Waals surface area contributed by atoms with Crippen LogP contribution < -0.4 is 0 Å². The fourth-order valence-corrected chi connectivity index (χ4v) is 5.31. The lowest BCUT2D eigenvalue weighted by atomic mass is 9.90. The Kier molecular flexibility index (Phi) is 6.55. The summed E-state index contributed by atoms with van der Waals surface area (Å²) < 4.78 is 54.0. The van der Waals surface area contributed by atoms with Gasteiger partial charge in [-0.3, -0.25) is 4.79 Å². The van der Waals surface area contributed by atoms with Gasteiger partial charge in [0.2, 0.25) is 5.91 Å². The van der Waals surface area contributed by atoms with Crippen molar-refractivity contribution in [1.82, 2.24) is 14.7 Å². The lowest BCUT2D eigenvalue weighted by Crippen LogP contribution is -2.57. The number of amides is 3. The summed E-state index contributed by atoms with van der Waals surface area (Å²) in [7, 11) is 1.57. The van der Waals surface area contributed by atoms with Gasteiger partial charge in [-0.15, -0.1) is 0 Å². The number of piperazine rings is 1. The van der Waals surface area contributed by atoms with Crippen LogP contribution in [-0.4, -0.2) is 52.8 Å². The van der Waals surface area contributed by atoms with E-state index < -0.39 is 23.8 Å². The van der Waals surface area contributed by atoms with Crippen molar-refractivity contribution in [3.05, 3.63) is 70.0 Å². The van der Waals surface area contributed by atoms with Gasteiger partial charge in [0.25, 0.3) is 0 Å². The maximum absolute atomic E-state index is 13.8. The Morgan fingerprint density at radius 2 is 1.83 bits per heavy atom. The summed E-state index contributed by atoms with van der Waals surface area (Å²) in [6.07, 6.45) is -3.52. The van der Waals surface area contributed by atoms with Gasteiger partial charge in [0.15, 0.2) is 0 Å². The second-order valence-corrected chi connectivity index (χ2v) is 9.53. The average molecular weight is 492 g/mol. The highest BCUT2D eigenvalue weighted by molar-refractivity contribution is 5.81. The first-order chi connectivity index (χ1) is 16.4. The number of carbonyl (C=O) groups excluding carboxylic acids is 2. The maximum Gasteiger partial charge on any atom is 0.416 e. The van der Waals surface area contributed by atoms with Crippen LogP contribution in [-0.2, 0) is 11.0 Å². The van der Waals surface area contributed by atoms with E-state index >= 15 is 0 Å². The molecule has 3 unspecified atom stereocenters. The topological polar surface area (TPSA) is 43.9 Å². The number of rotatable bonds is 3. The van der Waals surface area contributed by atoms with Gasteiger partial charge >= 0.3 is 12.2 Å². The van der Waals surface area contributed by atoms with Gasteiger partial charge in [0.05, 0.1) is 23.7 Å². The third-order valence-corrected chi connectivity index (χ3v) is 7.24. The molecular formula is C26H29F4N3O2. The molecule has 2 aromatic carbocycles. The van der Waals surface area contributed by atoms with Gasteiger partial charge < -0.3 is 14.7 Å². The number of aryl methyl sites for hydroxylation is 2. The molecule has 0 saturated carbocycles. The Hall–Kier alpha value is -3.10. The van der Waals surface area contributed by atoms with Crippen LogP contribution in [0, 0.1) is 19.7 Å². The van der Waals surface area contributed by atoms with Crippen molar-refractivity contribution < 1.29 is 27.2 Å². The minimum Gasteiger partial charge on any atom is -0.335 e. The van der Waals surface area contributed by atoms with E-state index in [4.69, 9.17) is 0 Å². The van der Waals surface area contributed by atoms with Crippen LogP contribution in [0.5, 0.6) is 0 Å². The third-order valence-electron chi connectivity index (χ3n) is 7.24. The summed E-state index contributed by atoms with van der Waals surface area (Å²) in [5.74, 6) is -0.349. The fraction of sp³-hybridized carbons (Fsp3) is 0.462. The van der Waals surface area contributed by atoms with Crippen molar-refractivity contribution in [3.63, 3.8) is 0 Å². The number of carbonyl (C=O) groups is 2. The minimum absolute atomic E-state index is 0.0352. The number of hydrogen-bond acceptors (Lipinski definition) is 2. The molecule has 0 radical (unpaired) electrons. The van der Waals surface area contributed by atoms with Gasteiger partial charge in [0, 0.05) is 26.6 Å². The molecule has 0 spiro atoms. The Bertz CT molecular complexity index is 1150. The molecule has 0 aromatic heterocycles. The zero-order valence-corrected chi connectivity index (χ0v) is 20.2. The number of benzene rings is 2. The van der Waals surface area contributed by atoms with E-state index in [1.807, 2.05) is 0 Å². The predicted molar refractivity (Wildman–Crippen MR) is 123 cm³/mol. The first kappa shape index (κ1) is 25.0. The Morgan fingerprint density at radius 1 is 1.11 bits per heavy atom. The standard InChI is InChI=1S/C26H29F4N3O2/c1-15-11-18(14-19(12-15)26(28,29)30)17(3)31(4)25(35)33-10-9-32-22(7-8-23(32)34)24(33)21-6-5-20(27)13-16(21)2/h5-6,11-14,17,22,24H,7-10H2,1-4H3. The van der Waals surface area contributed by atoms with E-state index in [0.29, 0.717) is 36.1 Å². The van der Waals surface area contributed by atoms with Crippen LogP contribution in [0.15, 0.2) is 36.4 Å². The molecule has 0 N–H and O–H groups in total. The molecule has 2 heterocycles. The fourth-order valence-electron chi connectivity index (χ4n) is 5.31. The molecular weight excluding hydrogens is 462 g/mol. The Morgan fingerprint density at radius 3 is 2.49 bits per heavy atom. The number of fused-ring (bicyclic) bond motifs is 1. The van der Waals surface area contributed by atoms with Crippen LogP contribution in [0.1, 0.15) is 59.7 Å². The highest BCUT2D eigenvalue weighted by Crippen LogP contribution is 2.40. The molecule has 2 aromatic rings. The Balaban J connectivity index is 1.67. The smallest absolute Gasteiger partial charge is 0.335 e. The number of nitrogens with zero attached hydrogens (tertiary/aromatic N) is 3. The normalized spacial score (nSPS) is 21.2. The maximum atomic E-state index is 13.8. The quantitative estimate of drug-likeness (QED) is 0.523. The van der Waals surface area contributed by atoms with Gasteiger partial charge in [-0.2, -0.15) is 13.2 Å². The summed E-state index contributed by atoms with van der Waals surface area (Å²) in [6, 6.07) is 6.55. The molecule has 35 heavy (non-hydrogen) atoms. The molecule has 4 rings (SSSR count). The second-order valence-electron chi connectivity index (χ2n) is 9.53. The van der Waals surface area contributed by atoms with Gasteiger partial charge in [-0.25, -0.2) is 9.18 Å². The summed E-state index contributed by atoms with van der Waals surface area (Å²) in [6.45, 7) is 5.73. The lowest BCUT2D eigenvalue weighted by molar-refractivity contribution is -0.137. The van der Waals surface area contributed by atoms with E-state index in [1.54, 1.807) is 49.8 Å². The van der Waals surface area contributed by atoms with Crippen molar-refractivity contribution in [3.8, 4) is 0 Å². The van der Waals surface area contributed by atoms with Crippen molar-refractivity contribution in [1.29, 1.82) is 0 Å². The first-order valence-electron chi connectivity index (χ1n) is 11.7. The molecule has 2 aliphatic rings. The summed E-state index contributed by atoms with van der Waals surface area (Å²) in [5, 5.41) is 0. The predicted octanol–water partition coefficient (Wildman–Crippen LogP) is 5.62. The molecule has 2 aliphatic heterocycles. The molecule has 2 saturated heterocycles. The average Bonchev–Trinajstić information content (AvgIpc) is 3.17. The van der Waals surface area contributed by atoms with Crippen LogP contribution in [0.3, 0.4) is 0 Å². The molecule has 3 atom stereocenters. The van der Waals surface area contributed by atoms with Crippen molar-refractivity contribution in [2.45, 2.75) is 57.9 Å². The zero-order valence-electron chi connectivity index (χ0n) is 20.2. The third kappa shape index (κ3) is 4.73. The van der Waals surface area contributed by atoms with Gasteiger partial charge in [0.1, 0.15) is 5.82 Å². The minimum atomic E-state index is -4.49. The lowest BCUT2D eigenvalue weighted by Gasteiger charge is -2.47. The Labute approximate surface area is 202 Å². The van der Waals surface area contributed by atoms with Gasteiger partial charge in [-0.05, 0) is 68.1 Å². The largest absolute Gasteiger partial charge is 0.416 e. The van der Waals surface area contributed by atoms with Crippen LogP contribution >= 0.6 is 0 Å². The van der Waals surface area contributed by atoms with E-state index in [2.05, 4.69) is 0 Å². The molecule has 188 valence electrons. The molecule has 3 amide bonds. The molecule has 2 fully saturated rings. The molecule has 0 aliphatic carbocycles. The van der Waals surface area contributed by atoms with E-state index in [1.165, 1.54) is 17.0 Å². The summed E-state index contributed by atoms with van der Waals surface area (Å²) in [5.41, 5.74) is 1.54. The van der Waals surface area contributed by atoms with Crippen LogP contribution in [0.4, 0.5) is 22.4 Å². The van der Waals surface area contributed by atoms with Crippen LogP contribution in [0.25, 0.3) is 0 Å². The zero-order chi connectivity index (χ0) is 25.7. The monoisotopic (exact) mass is 491 g/mol. The van der Waals surface area contributed by atoms with Gasteiger partial charge in [-0.1, -0.05) is 17.7 Å². The number of urea groups is 1. The summed E-state index contributed by atoms with van der Waals surface area (Å²) in [4.78, 5) is 31.1. The first-order valence-corrected chi connectivity index (χ1v) is 11.7. The molecule has 5 nitrogen and oxygen atoms in total. The van der Waals surface area contributed by atoms with Crippen molar-refractivity contribution >= 4 is 11.9 Å². The SMILES string of the molecule is Cc1cc(C(C)N(C)C(=O)N2CCN3C(=O)CCC3C2c2ccc(F)cc2C)cc(C(F)(F)F)c1. The second kappa shape index (κ2) is 9.17. The van der Waals surface area contributed by atoms with Crippen molar-refractivity contribution in [2.24, 2.45) is 0 Å². The van der Waals surface area contributed by atoms with E-state index in [9.17, 15) is 27.2 Å². The number of halogens is 4. The van der Waals surface area contributed by atoms with E-state index in [0.717, 1.165) is 17.7 Å².